The zero-order valence-electron chi connectivity index (χ0n) is 10.1. The number of nitrogens with two attached hydrogens (primary N) is 1. The quantitative estimate of drug-likeness (QED) is 0.546. The molecule has 0 bridgehead atoms. The van der Waals surface area contributed by atoms with Crippen molar-refractivity contribution in [1.29, 1.82) is 0 Å². The summed E-state index contributed by atoms with van der Waals surface area (Å²) in [4.78, 5) is 16.0. The molecule has 0 aliphatic heterocycles. The van der Waals surface area contributed by atoms with Gasteiger partial charge in [-0.3, -0.25) is 16.0 Å². The number of nitrogen functional groups attached to an aromatic ring is 1. The summed E-state index contributed by atoms with van der Waals surface area (Å²) in [6.07, 6.45) is 1.38. The van der Waals surface area contributed by atoms with Gasteiger partial charge >= 0.3 is 0 Å². The molecule has 2 rings (SSSR count). The van der Waals surface area contributed by atoms with Gasteiger partial charge in [0.2, 0.25) is 5.95 Å². The van der Waals surface area contributed by atoms with Crippen molar-refractivity contribution in [2.45, 2.75) is 6.92 Å². The van der Waals surface area contributed by atoms with Gasteiger partial charge in [0.25, 0.3) is 5.91 Å². The molecule has 0 fully saturated rings. The van der Waals surface area contributed by atoms with E-state index >= 15 is 0 Å². The molecule has 4 N–H and O–H groups in total. The first-order chi connectivity index (χ1) is 8.61. The summed E-state index contributed by atoms with van der Waals surface area (Å²) >= 11 is 0. The maximum atomic E-state index is 12.0. The maximum Gasteiger partial charge on any atom is 0.258 e. The minimum absolute atomic E-state index is 0.229. The SMILES string of the molecule is Cc1cc(NN)ccc1C(=O)Nc1ncnn1C. The number of nitrogens with zero attached hydrogens (tertiary/aromatic N) is 3. The third-order valence-electron chi connectivity index (χ3n) is 2.57. The average molecular weight is 246 g/mol. The molecule has 0 spiro atoms. The first-order valence-corrected chi connectivity index (χ1v) is 5.34. The van der Waals surface area contributed by atoms with Gasteiger partial charge in [-0.2, -0.15) is 10.1 Å². The molecule has 0 aliphatic rings. The number of amides is 1. The van der Waals surface area contributed by atoms with Crippen LogP contribution < -0.4 is 16.6 Å². The van der Waals surface area contributed by atoms with E-state index in [0.29, 0.717) is 11.5 Å². The van der Waals surface area contributed by atoms with Crippen LogP contribution in [-0.2, 0) is 7.05 Å². The number of aromatic nitrogens is 3. The molecule has 0 radical (unpaired) electrons. The smallest absolute Gasteiger partial charge is 0.258 e. The van der Waals surface area contributed by atoms with Crippen molar-refractivity contribution >= 4 is 17.5 Å². The Labute approximate surface area is 104 Å². The molecule has 0 aliphatic carbocycles. The summed E-state index contributed by atoms with van der Waals surface area (Å²) in [5.41, 5.74) is 4.67. The van der Waals surface area contributed by atoms with E-state index in [1.165, 1.54) is 11.0 Å². The Balaban J connectivity index is 2.22. The number of aryl methyl sites for hydroxylation is 2. The third kappa shape index (κ3) is 2.30. The van der Waals surface area contributed by atoms with E-state index in [2.05, 4.69) is 20.8 Å². The number of anilines is 2. The van der Waals surface area contributed by atoms with Crippen LogP contribution in [0.2, 0.25) is 0 Å². The molecule has 1 aromatic heterocycles. The highest BCUT2D eigenvalue weighted by atomic mass is 16.1. The van der Waals surface area contributed by atoms with Gasteiger partial charge in [0.1, 0.15) is 6.33 Å². The van der Waals surface area contributed by atoms with Crippen LogP contribution in [-0.4, -0.2) is 20.7 Å². The fourth-order valence-electron chi connectivity index (χ4n) is 1.59. The largest absolute Gasteiger partial charge is 0.324 e. The molecule has 0 unspecified atom stereocenters. The van der Waals surface area contributed by atoms with Crippen LogP contribution in [0.5, 0.6) is 0 Å². The van der Waals surface area contributed by atoms with Crippen molar-refractivity contribution in [1.82, 2.24) is 14.8 Å². The zero-order valence-corrected chi connectivity index (χ0v) is 10.1. The summed E-state index contributed by atoms with van der Waals surface area (Å²) in [6, 6.07) is 5.24. The summed E-state index contributed by atoms with van der Waals surface area (Å²) < 4.78 is 1.49. The van der Waals surface area contributed by atoms with Gasteiger partial charge in [-0.05, 0) is 30.7 Å². The number of hydrogen-bond donors (Lipinski definition) is 3. The summed E-state index contributed by atoms with van der Waals surface area (Å²) in [5, 5.41) is 6.56. The minimum Gasteiger partial charge on any atom is -0.324 e. The van der Waals surface area contributed by atoms with E-state index in [9.17, 15) is 4.79 Å². The monoisotopic (exact) mass is 246 g/mol. The fraction of sp³-hybridized carbons (Fsp3) is 0.182. The molecule has 1 aromatic carbocycles. The number of benzene rings is 1. The van der Waals surface area contributed by atoms with Crippen molar-refractivity contribution in [3.63, 3.8) is 0 Å². The summed E-state index contributed by atoms with van der Waals surface area (Å²) in [5.74, 6) is 5.48. The molecule has 0 saturated heterocycles. The van der Waals surface area contributed by atoms with Crippen molar-refractivity contribution < 1.29 is 4.79 Å². The van der Waals surface area contributed by atoms with Crippen LogP contribution in [0.15, 0.2) is 24.5 Å². The molecule has 7 heteroatoms. The topological polar surface area (TPSA) is 97.9 Å². The molecule has 0 atom stereocenters. The Morgan fingerprint density at radius 2 is 2.22 bits per heavy atom. The fourth-order valence-corrected chi connectivity index (χ4v) is 1.59. The maximum absolute atomic E-state index is 12.0. The Hall–Kier alpha value is -2.41. The van der Waals surface area contributed by atoms with Crippen molar-refractivity contribution in [2.24, 2.45) is 12.9 Å². The normalized spacial score (nSPS) is 10.2. The van der Waals surface area contributed by atoms with Crippen molar-refractivity contribution in [3.05, 3.63) is 35.7 Å². The van der Waals surface area contributed by atoms with E-state index in [0.717, 1.165) is 11.3 Å². The lowest BCUT2D eigenvalue weighted by atomic mass is 10.1. The second kappa shape index (κ2) is 4.84. The van der Waals surface area contributed by atoms with Gasteiger partial charge in [0.15, 0.2) is 0 Å². The molecule has 1 heterocycles. The lowest BCUT2D eigenvalue weighted by Gasteiger charge is -2.08. The minimum atomic E-state index is -0.229. The van der Waals surface area contributed by atoms with Crippen LogP contribution in [0.3, 0.4) is 0 Å². The Morgan fingerprint density at radius 1 is 1.44 bits per heavy atom. The second-order valence-corrected chi connectivity index (χ2v) is 3.84. The van der Waals surface area contributed by atoms with Crippen molar-refractivity contribution in [3.8, 4) is 0 Å². The molecule has 1 amide bonds. The van der Waals surface area contributed by atoms with Crippen LogP contribution in [0, 0.1) is 6.92 Å². The standard InChI is InChI=1S/C11H14N6O/c1-7-5-8(16-12)3-4-9(7)10(18)15-11-13-6-14-17(11)2/h3-6,16H,12H2,1-2H3,(H,13,14,15,18). The first kappa shape index (κ1) is 12.1. The molecule has 0 saturated carbocycles. The van der Waals surface area contributed by atoms with Gasteiger partial charge in [-0.25, -0.2) is 4.68 Å². The van der Waals surface area contributed by atoms with E-state index < -0.39 is 0 Å². The summed E-state index contributed by atoms with van der Waals surface area (Å²) in [6.45, 7) is 1.84. The number of rotatable bonds is 3. The van der Waals surface area contributed by atoms with Gasteiger partial charge < -0.3 is 5.43 Å². The number of hydrazine groups is 1. The number of carbonyl (C=O) groups excluding carboxylic acids is 1. The lowest BCUT2D eigenvalue weighted by molar-refractivity contribution is 0.102. The highest BCUT2D eigenvalue weighted by Gasteiger charge is 2.11. The van der Waals surface area contributed by atoms with Crippen LogP contribution >= 0.6 is 0 Å². The van der Waals surface area contributed by atoms with Gasteiger partial charge in [0, 0.05) is 18.3 Å². The molecular weight excluding hydrogens is 232 g/mol. The predicted octanol–water partition coefficient (Wildman–Crippen LogP) is 0.661. The number of nitrogens with one attached hydrogen (secondary N) is 2. The van der Waals surface area contributed by atoms with Gasteiger partial charge in [-0.15, -0.1) is 0 Å². The molecule has 7 nitrogen and oxygen atoms in total. The molecular formula is C11H14N6O. The highest BCUT2D eigenvalue weighted by molar-refractivity contribution is 6.04. The molecule has 94 valence electrons. The van der Waals surface area contributed by atoms with Crippen LogP contribution in [0.1, 0.15) is 15.9 Å². The third-order valence-corrected chi connectivity index (χ3v) is 2.57. The highest BCUT2D eigenvalue weighted by Crippen LogP contribution is 2.15. The molecule has 18 heavy (non-hydrogen) atoms. The Kier molecular flexibility index (Phi) is 3.24. The molecule has 2 aromatic rings. The van der Waals surface area contributed by atoms with Crippen molar-refractivity contribution in [2.75, 3.05) is 10.7 Å². The second-order valence-electron chi connectivity index (χ2n) is 3.84. The van der Waals surface area contributed by atoms with E-state index in [-0.39, 0.29) is 5.91 Å². The lowest BCUT2D eigenvalue weighted by Crippen LogP contribution is -2.17. The Bertz CT molecular complexity index is 577. The van der Waals surface area contributed by atoms with E-state index in [4.69, 9.17) is 5.84 Å². The zero-order chi connectivity index (χ0) is 13.1. The van der Waals surface area contributed by atoms with E-state index in [1.807, 2.05) is 6.92 Å². The number of hydrogen-bond acceptors (Lipinski definition) is 5. The van der Waals surface area contributed by atoms with E-state index in [1.54, 1.807) is 25.2 Å². The summed E-state index contributed by atoms with van der Waals surface area (Å²) in [7, 11) is 1.71. The first-order valence-electron chi connectivity index (χ1n) is 5.34. The van der Waals surface area contributed by atoms with Gasteiger partial charge in [0.05, 0.1) is 0 Å². The Morgan fingerprint density at radius 3 is 2.78 bits per heavy atom. The van der Waals surface area contributed by atoms with Crippen LogP contribution in [0.25, 0.3) is 0 Å². The van der Waals surface area contributed by atoms with Crippen LogP contribution in [0.4, 0.5) is 11.6 Å². The predicted molar refractivity (Wildman–Crippen MR) is 67.9 cm³/mol. The average Bonchev–Trinajstić information content (AvgIpc) is 2.74. The number of carbonyl (C=O) groups is 1. The van der Waals surface area contributed by atoms with Gasteiger partial charge in [-0.1, -0.05) is 0 Å².